The van der Waals surface area contributed by atoms with Crippen molar-refractivity contribution in [1.29, 1.82) is 0 Å². The van der Waals surface area contributed by atoms with Crippen LogP contribution in [0.25, 0.3) is 0 Å². The van der Waals surface area contributed by atoms with Crippen LogP contribution in [0.1, 0.15) is 87.0 Å². The first kappa shape index (κ1) is 29.6. The maximum atomic E-state index is 2.58. The first-order chi connectivity index (χ1) is 12.5. The Hall–Kier alpha value is 0.423. The van der Waals surface area contributed by atoms with E-state index in [0.717, 1.165) is 0 Å². The van der Waals surface area contributed by atoms with E-state index < -0.39 is 0 Å². The normalized spacial score (nSPS) is 12.2. The minimum atomic E-state index is 0. The maximum absolute atomic E-state index is 2.58. The molecule has 0 spiro atoms. The second-order valence-electron chi connectivity index (χ2n) is 8.20. The Labute approximate surface area is 183 Å². The molecule has 27 heavy (non-hydrogen) atoms. The fraction of sp³-hybridized carbons (Fsp3) is 1.00. The molecule has 0 aliphatic heterocycles. The van der Waals surface area contributed by atoms with Gasteiger partial charge in [-0.3, -0.25) is 0 Å². The van der Waals surface area contributed by atoms with Gasteiger partial charge in [-0.15, -0.1) is 0 Å². The summed E-state index contributed by atoms with van der Waals surface area (Å²) in [4.78, 5) is 7.73. The molecule has 0 atom stereocenters. The third-order valence-electron chi connectivity index (χ3n) is 6.45. The van der Waals surface area contributed by atoms with Crippen molar-refractivity contribution in [3.05, 3.63) is 0 Å². The summed E-state index contributed by atoms with van der Waals surface area (Å²) in [5.41, 5.74) is 0.521. The Morgan fingerprint density at radius 2 is 0.704 bits per heavy atom. The minimum absolute atomic E-state index is 0. The van der Waals surface area contributed by atoms with Crippen molar-refractivity contribution in [2.75, 3.05) is 58.9 Å². The van der Waals surface area contributed by atoms with Crippen molar-refractivity contribution < 1.29 is 0 Å². The molecule has 166 valence electrons. The van der Waals surface area contributed by atoms with E-state index in [9.17, 15) is 0 Å². The van der Waals surface area contributed by atoms with Gasteiger partial charge in [0, 0.05) is 0 Å². The molecule has 0 saturated heterocycles. The molecule has 0 heterocycles. The summed E-state index contributed by atoms with van der Waals surface area (Å²) in [5, 5.41) is 0. The Morgan fingerprint density at radius 3 is 0.889 bits per heavy atom. The van der Waals surface area contributed by atoms with E-state index in [0.29, 0.717) is 5.41 Å². The average Bonchev–Trinajstić information content (AvgIpc) is 2.66. The van der Waals surface area contributed by atoms with E-state index in [2.05, 4.69) is 63.2 Å². The van der Waals surface area contributed by atoms with E-state index in [1.807, 2.05) is 0 Å². The molecule has 0 radical (unpaired) electrons. The third kappa shape index (κ3) is 14.1. The van der Waals surface area contributed by atoms with Crippen LogP contribution in [0.5, 0.6) is 0 Å². The van der Waals surface area contributed by atoms with E-state index in [1.165, 1.54) is 97.4 Å². The fourth-order valence-electron chi connectivity index (χ4n) is 4.18. The Morgan fingerprint density at radius 1 is 0.481 bits per heavy atom. The van der Waals surface area contributed by atoms with Crippen LogP contribution in [0.2, 0.25) is 0 Å². The first-order valence-electron chi connectivity index (χ1n) is 11.6. The van der Waals surface area contributed by atoms with Crippen LogP contribution in [0.4, 0.5) is 0 Å². The molecule has 0 aromatic rings. The summed E-state index contributed by atoms with van der Waals surface area (Å²) in [6, 6.07) is 0. The Bertz CT molecular complexity index is 254. The molecule has 0 aromatic carbocycles. The van der Waals surface area contributed by atoms with Gasteiger partial charge in [0.1, 0.15) is 0 Å². The van der Waals surface area contributed by atoms with Gasteiger partial charge in [0.15, 0.2) is 0 Å². The molecular formula is C23H55GeN3. The van der Waals surface area contributed by atoms with Gasteiger partial charge < -0.3 is 14.7 Å². The molecule has 0 fully saturated rings. The van der Waals surface area contributed by atoms with Crippen molar-refractivity contribution >= 4 is 17.6 Å². The average molecular weight is 446 g/mol. The van der Waals surface area contributed by atoms with Gasteiger partial charge in [0.25, 0.3) is 0 Å². The van der Waals surface area contributed by atoms with E-state index >= 15 is 0 Å². The molecule has 0 saturated carbocycles. The summed E-state index contributed by atoms with van der Waals surface area (Å²) in [6.45, 7) is 27.3. The fourth-order valence-corrected chi connectivity index (χ4v) is 4.18. The third-order valence-corrected chi connectivity index (χ3v) is 6.45. The summed E-state index contributed by atoms with van der Waals surface area (Å²) in [5.74, 6) is 0. The zero-order valence-electron chi connectivity index (χ0n) is 19.4. The topological polar surface area (TPSA) is 9.72 Å². The Balaban J connectivity index is 0. The quantitative estimate of drug-likeness (QED) is 0.296. The number of hydrogen-bond acceptors (Lipinski definition) is 3. The van der Waals surface area contributed by atoms with Gasteiger partial charge >= 0.3 is 17.6 Å². The SMILES string of the molecule is CCN(CC)CCCC(C)(CCCN(CC)CC)CCCN(CC)CC.[GeH4]. The summed E-state index contributed by atoms with van der Waals surface area (Å²) in [6.07, 6.45) is 8.23. The van der Waals surface area contributed by atoms with Crippen molar-refractivity contribution in [1.82, 2.24) is 14.7 Å². The Kier molecular flexibility index (Phi) is 20.2. The molecule has 0 amide bonds. The van der Waals surface area contributed by atoms with E-state index in [4.69, 9.17) is 0 Å². The van der Waals surface area contributed by atoms with Gasteiger partial charge in [-0.2, -0.15) is 0 Å². The molecule has 0 bridgehead atoms. The predicted molar refractivity (Wildman–Crippen MR) is 131 cm³/mol. The van der Waals surface area contributed by atoms with Gasteiger partial charge in [0.2, 0.25) is 0 Å². The predicted octanol–water partition coefficient (Wildman–Crippen LogP) is 3.91. The molecule has 0 aromatic heterocycles. The number of nitrogens with zero attached hydrogens (tertiary/aromatic N) is 3. The molecule has 0 rings (SSSR count). The molecular weight excluding hydrogens is 391 g/mol. The van der Waals surface area contributed by atoms with Crippen LogP contribution < -0.4 is 0 Å². The summed E-state index contributed by atoms with van der Waals surface area (Å²) < 4.78 is 0. The van der Waals surface area contributed by atoms with Crippen LogP contribution in [0.15, 0.2) is 0 Å². The number of hydrogen-bond donors (Lipinski definition) is 0. The standard InChI is InChI=1S/C23H51N3.GeH4/c1-8-24(9-2)20-14-17-23(7,18-15-21-25(10-3)11-4)19-16-22-26(12-5)13-6;/h8-22H2,1-7H3;1H4. The van der Waals surface area contributed by atoms with Crippen LogP contribution in [-0.2, 0) is 0 Å². The van der Waals surface area contributed by atoms with Crippen molar-refractivity contribution in [3.8, 4) is 0 Å². The molecule has 3 nitrogen and oxygen atoms in total. The van der Waals surface area contributed by atoms with Crippen molar-refractivity contribution in [3.63, 3.8) is 0 Å². The van der Waals surface area contributed by atoms with Crippen molar-refractivity contribution in [2.45, 2.75) is 87.0 Å². The molecule has 0 aliphatic carbocycles. The molecule has 0 N–H and O–H groups in total. The van der Waals surface area contributed by atoms with Gasteiger partial charge in [-0.25, -0.2) is 0 Å². The molecule has 0 unspecified atom stereocenters. The second-order valence-corrected chi connectivity index (χ2v) is 8.20. The van der Waals surface area contributed by atoms with Gasteiger partial charge in [-0.05, 0) is 103 Å². The van der Waals surface area contributed by atoms with Crippen LogP contribution in [0.3, 0.4) is 0 Å². The first-order valence-corrected chi connectivity index (χ1v) is 11.6. The monoisotopic (exact) mass is 447 g/mol. The van der Waals surface area contributed by atoms with E-state index in [-0.39, 0.29) is 17.6 Å². The zero-order valence-corrected chi connectivity index (χ0v) is 19.4. The van der Waals surface area contributed by atoms with Gasteiger partial charge in [0.05, 0.1) is 0 Å². The second kappa shape index (κ2) is 18.5. The van der Waals surface area contributed by atoms with Gasteiger partial charge in [-0.1, -0.05) is 48.5 Å². The summed E-state index contributed by atoms with van der Waals surface area (Å²) in [7, 11) is 0. The number of rotatable bonds is 18. The van der Waals surface area contributed by atoms with Crippen LogP contribution in [0, 0.1) is 5.41 Å². The zero-order chi connectivity index (χ0) is 19.8. The molecule has 4 heteroatoms. The van der Waals surface area contributed by atoms with E-state index in [1.54, 1.807) is 0 Å². The summed E-state index contributed by atoms with van der Waals surface area (Å²) >= 11 is 0. The molecule has 0 aliphatic rings. The van der Waals surface area contributed by atoms with Crippen LogP contribution in [-0.4, -0.2) is 91.2 Å². The van der Waals surface area contributed by atoms with Crippen molar-refractivity contribution in [2.24, 2.45) is 5.41 Å². The van der Waals surface area contributed by atoms with Crippen LogP contribution >= 0.6 is 0 Å².